The van der Waals surface area contributed by atoms with E-state index in [1.54, 1.807) is 0 Å². The van der Waals surface area contributed by atoms with Crippen LogP contribution in [0.25, 0.3) is 0 Å². The number of carbonyl (C=O) groups is 1. The van der Waals surface area contributed by atoms with Crippen LogP contribution in [0, 0.1) is 0 Å². The summed E-state index contributed by atoms with van der Waals surface area (Å²) in [6.45, 7) is 3.71. The van der Waals surface area contributed by atoms with Crippen LogP contribution in [0.4, 0.5) is 5.69 Å². The van der Waals surface area contributed by atoms with Crippen molar-refractivity contribution in [1.82, 2.24) is 5.32 Å². The van der Waals surface area contributed by atoms with Gasteiger partial charge >= 0.3 is 0 Å². The maximum atomic E-state index is 10.8. The van der Waals surface area contributed by atoms with Gasteiger partial charge in [0.05, 0.1) is 0 Å². The molecule has 15 heavy (non-hydrogen) atoms. The van der Waals surface area contributed by atoms with Crippen molar-refractivity contribution in [3.05, 3.63) is 24.3 Å². The Morgan fingerprint density at radius 2 is 2.07 bits per heavy atom. The summed E-state index contributed by atoms with van der Waals surface area (Å²) >= 11 is 1.88. The maximum absolute atomic E-state index is 10.8. The van der Waals surface area contributed by atoms with Crippen molar-refractivity contribution >= 4 is 23.4 Å². The number of rotatable bonds is 3. The summed E-state index contributed by atoms with van der Waals surface area (Å²) in [4.78, 5) is 12.1. The molecule has 2 N–H and O–H groups in total. The van der Waals surface area contributed by atoms with Gasteiger partial charge in [0.1, 0.15) is 0 Å². The Morgan fingerprint density at radius 1 is 1.40 bits per heavy atom. The monoisotopic (exact) mass is 222 g/mol. The summed E-state index contributed by atoms with van der Waals surface area (Å²) in [5, 5.41) is 6.70. The fraction of sp³-hybridized carbons (Fsp3) is 0.364. The van der Waals surface area contributed by atoms with Gasteiger partial charge in [-0.3, -0.25) is 4.79 Å². The van der Waals surface area contributed by atoms with E-state index < -0.39 is 0 Å². The van der Waals surface area contributed by atoms with Crippen molar-refractivity contribution in [3.8, 4) is 0 Å². The topological polar surface area (TPSA) is 41.1 Å². The summed E-state index contributed by atoms with van der Waals surface area (Å²) in [6, 6.07) is 7.98. The molecule has 1 heterocycles. The van der Waals surface area contributed by atoms with Gasteiger partial charge in [-0.05, 0) is 24.3 Å². The molecular formula is C11H14N2OS. The third-order valence-electron chi connectivity index (χ3n) is 2.22. The first kappa shape index (κ1) is 10.5. The largest absolute Gasteiger partial charge is 0.326 e. The van der Waals surface area contributed by atoms with Crippen LogP contribution in [0.5, 0.6) is 0 Å². The van der Waals surface area contributed by atoms with Crippen LogP contribution >= 0.6 is 11.8 Å². The second kappa shape index (κ2) is 4.68. The Kier molecular flexibility index (Phi) is 3.28. The number of nitrogens with one attached hydrogen (secondary N) is 2. The zero-order valence-corrected chi connectivity index (χ0v) is 9.43. The number of hydrogen-bond donors (Lipinski definition) is 2. The van der Waals surface area contributed by atoms with Gasteiger partial charge in [-0.2, -0.15) is 0 Å². The molecule has 0 spiro atoms. The third kappa shape index (κ3) is 2.97. The minimum atomic E-state index is -0.0291. The highest BCUT2D eigenvalue weighted by atomic mass is 32.2. The van der Waals surface area contributed by atoms with Crippen LogP contribution in [0.1, 0.15) is 6.92 Å². The van der Waals surface area contributed by atoms with Crippen molar-refractivity contribution in [3.63, 3.8) is 0 Å². The smallest absolute Gasteiger partial charge is 0.221 e. The van der Waals surface area contributed by atoms with E-state index in [2.05, 4.69) is 10.6 Å². The first-order chi connectivity index (χ1) is 7.24. The normalized spacial score (nSPS) is 15.8. The van der Waals surface area contributed by atoms with Crippen LogP contribution in [-0.4, -0.2) is 24.2 Å². The van der Waals surface area contributed by atoms with Gasteiger partial charge in [0.25, 0.3) is 0 Å². The van der Waals surface area contributed by atoms with E-state index in [1.807, 2.05) is 36.0 Å². The van der Waals surface area contributed by atoms with Gasteiger partial charge < -0.3 is 10.6 Å². The Bertz CT molecular complexity index is 346. The fourth-order valence-electron chi connectivity index (χ4n) is 1.36. The Hall–Kier alpha value is -1.00. The van der Waals surface area contributed by atoms with E-state index in [4.69, 9.17) is 0 Å². The molecule has 0 bridgehead atoms. The molecule has 4 heteroatoms. The van der Waals surface area contributed by atoms with Crippen molar-refractivity contribution in [1.29, 1.82) is 0 Å². The lowest BCUT2D eigenvalue weighted by Crippen LogP contribution is -2.44. The first-order valence-electron chi connectivity index (χ1n) is 4.99. The zero-order chi connectivity index (χ0) is 10.7. The van der Waals surface area contributed by atoms with Gasteiger partial charge in [-0.1, -0.05) is 0 Å². The lowest BCUT2D eigenvalue weighted by Gasteiger charge is -2.26. The van der Waals surface area contributed by atoms with Crippen molar-refractivity contribution < 1.29 is 4.79 Å². The number of carbonyl (C=O) groups excluding carboxylic acids is 1. The SMILES string of the molecule is CC(=O)Nc1ccc(SC2CNC2)cc1. The average molecular weight is 222 g/mol. The molecule has 0 radical (unpaired) electrons. The fourth-order valence-corrected chi connectivity index (χ4v) is 2.44. The standard InChI is InChI=1S/C11H14N2OS/c1-8(14)13-9-2-4-10(5-3-9)15-11-6-12-7-11/h2-5,11-12H,6-7H2,1H3,(H,13,14). The summed E-state index contributed by atoms with van der Waals surface area (Å²) in [7, 11) is 0. The van der Waals surface area contributed by atoms with Crippen LogP contribution in [0.3, 0.4) is 0 Å². The molecule has 80 valence electrons. The van der Waals surface area contributed by atoms with E-state index >= 15 is 0 Å². The summed E-state index contributed by atoms with van der Waals surface area (Å²) in [5.74, 6) is -0.0291. The molecule has 2 rings (SSSR count). The molecule has 1 saturated heterocycles. The molecular weight excluding hydrogens is 208 g/mol. The summed E-state index contributed by atoms with van der Waals surface area (Å²) in [6.07, 6.45) is 0. The molecule has 0 unspecified atom stereocenters. The Labute approximate surface area is 93.6 Å². The molecule has 1 aromatic carbocycles. The Morgan fingerprint density at radius 3 is 2.53 bits per heavy atom. The van der Waals surface area contributed by atoms with E-state index in [-0.39, 0.29) is 5.91 Å². The molecule has 1 fully saturated rings. The predicted octanol–water partition coefficient (Wildman–Crippen LogP) is 1.71. The van der Waals surface area contributed by atoms with Crippen LogP contribution in [0.2, 0.25) is 0 Å². The van der Waals surface area contributed by atoms with Crippen LogP contribution < -0.4 is 10.6 Å². The lowest BCUT2D eigenvalue weighted by atomic mass is 10.3. The minimum Gasteiger partial charge on any atom is -0.326 e. The number of anilines is 1. The van der Waals surface area contributed by atoms with E-state index in [0.717, 1.165) is 18.8 Å². The number of hydrogen-bond acceptors (Lipinski definition) is 3. The highest BCUT2D eigenvalue weighted by Crippen LogP contribution is 2.26. The highest BCUT2D eigenvalue weighted by molar-refractivity contribution is 8.00. The van der Waals surface area contributed by atoms with Gasteiger partial charge in [0.15, 0.2) is 0 Å². The van der Waals surface area contributed by atoms with E-state index in [9.17, 15) is 4.79 Å². The Balaban J connectivity index is 1.93. The first-order valence-corrected chi connectivity index (χ1v) is 5.87. The summed E-state index contributed by atoms with van der Waals surface area (Å²) in [5.41, 5.74) is 0.860. The quantitative estimate of drug-likeness (QED) is 0.818. The molecule has 1 aliphatic heterocycles. The maximum Gasteiger partial charge on any atom is 0.221 e. The molecule has 3 nitrogen and oxygen atoms in total. The number of benzene rings is 1. The van der Waals surface area contributed by atoms with Crippen molar-refractivity contribution in [2.45, 2.75) is 17.1 Å². The lowest BCUT2D eigenvalue weighted by molar-refractivity contribution is -0.114. The number of amides is 1. The molecule has 1 aliphatic rings. The number of thioether (sulfide) groups is 1. The second-order valence-corrected chi connectivity index (χ2v) is 4.98. The average Bonchev–Trinajstić information content (AvgIpc) is 2.13. The van der Waals surface area contributed by atoms with Gasteiger partial charge in [0, 0.05) is 35.8 Å². The van der Waals surface area contributed by atoms with Crippen LogP contribution in [0.15, 0.2) is 29.2 Å². The van der Waals surface area contributed by atoms with Crippen LogP contribution in [-0.2, 0) is 4.79 Å². The molecule has 0 aliphatic carbocycles. The molecule has 1 aromatic rings. The van der Waals surface area contributed by atoms with Crippen molar-refractivity contribution in [2.75, 3.05) is 18.4 Å². The second-order valence-electron chi connectivity index (χ2n) is 3.60. The molecule has 0 atom stereocenters. The van der Waals surface area contributed by atoms with Crippen molar-refractivity contribution in [2.24, 2.45) is 0 Å². The minimum absolute atomic E-state index is 0.0291. The molecule has 1 amide bonds. The van der Waals surface area contributed by atoms with Gasteiger partial charge in [0.2, 0.25) is 5.91 Å². The van der Waals surface area contributed by atoms with Gasteiger partial charge in [-0.25, -0.2) is 0 Å². The van der Waals surface area contributed by atoms with E-state index in [0.29, 0.717) is 5.25 Å². The zero-order valence-electron chi connectivity index (χ0n) is 8.62. The third-order valence-corrected chi connectivity index (χ3v) is 3.43. The molecule has 0 aromatic heterocycles. The van der Waals surface area contributed by atoms with E-state index in [1.165, 1.54) is 11.8 Å². The molecule has 0 saturated carbocycles. The summed E-state index contributed by atoms with van der Waals surface area (Å²) < 4.78 is 0. The highest BCUT2D eigenvalue weighted by Gasteiger charge is 2.17. The van der Waals surface area contributed by atoms with Gasteiger partial charge in [-0.15, -0.1) is 11.8 Å². The predicted molar refractivity (Wildman–Crippen MR) is 63.3 cm³/mol.